The molecule has 0 unspecified atom stereocenters. The number of carbonyl (C=O) groups is 2. The van der Waals surface area contributed by atoms with Gasteiger partial charge in [0.15, 0.2) is 0 Å². The highest BCUT2D eigenvalue weighted by molar-refractivity contribution is 6.37. The average Bonchev–Trinajstić information content (AvgIpc) is 2.96. The lowest BCUT2D eigenvalue weighted by Crippen LogP contribution is -2.24. The highest BCUT2D eigenvalue weighted by Gasteiger charge is 2.17. The molecule has 0 aliphatic carbocycles. The van der Waals surface area contributed by atoms with Crippen LogP contribution in [0.15, 0.2) is 34.9 Å². The molecule has 2 aromatic rings. The van der Waals surface area contributed by atoms with Gasteiger partial charge in [-0.05, 0) is 25.1 Å². The largest absolute Gasteiger partial charge is 0.497 e. The van der Waals surface area contributed by atoms with Crippen LogP contribution in [-0.2, 0) is 14.3 Å². The number of nitrogens with zero attached hydrogens (tertiary/aromatic N) is 1. The fourth-order valence-corrected chi connectivity index (χ4v) is 1.58. The molecule has 7 nitrogen and oxygen atoms in total. The van der Waals surface area contributed by atoms with E-state index in [9.17, 15) is 9.59 Å². The van der Waals surface area contributed by atoms with E-state index in [0.29, 0.717) is 17.2 Å². The summed E-state index contributed by atoms with van der Waals surface area (Å²) >= 11 is 0. The molecule has 7 heteroatoms. The Bertz CT molecular complexity index is 650. The lowest BCUT2D eigenvalue weighted by atomic mass is 10.2. The minimum Gasteiger partial charge on any atom is -0.497 e. The molecule has 2 rings (SSSR count). The smallest absolute Gasteiger partial charge is 0.397 e. The molecule has 1 heterocycles. The topological polar surface area (TPSA) is 90.7 Å². The third kappa shape index (κ3) is 3.59. The molecule has 1 N–H and O–H groups in total. The summed E-state index contributed by atoms with van der Waals surface area (Å²) in [7, 11) is 1.56. The summed E-state index contributed by atoms with van der Waals surface area (Å²) in [5.74, 6) is -0.872. The fraction of sp³-hybridized carbons (Fsp3) is 0.214. The predicted octanol–water partition coefficient (Wildman–Crippen LogP) is 1.85. The molecule has 1 aromatic carbocycles. The molecular weight excluding hydrogens is 276 g/mol. The second-order valence-electron chi connectivity index (χ2n) is 3.94. The van der Waals surface area contributed by atoms with Gasteiger partial charge in [-0.1, -0.05) is 6.07 Å². The zero-order chi connectivity index (χ0) is 15.2. The Morgan fingerprint density at radius 2 is 2.19 bits per heavy atom. The molecule has 0 radical (unpaired) electrons. The third-order valence-corrected chi connectivity index (χ3v) is 2.52. The lowest BCUT2D eigenvalue weighted by molar-refractivity contribution is -0.152. The van der Waals surface area contributed by atoms with Gasteiger partial charge in [0.1, 0.15) is 5.75 Å². The van der Waals surface area contributed by atoms with Crippen molar-refractivity contribution in [2.24, 2.45) is 0 Å². The minimum atomic E-state index is -0.975. The van der Waals surface area contributed by atoms with E-state index in [1.165, 1.54) is 6.20 Å². The van der Waals surface area contributed by atoms with Crippen LogP contribution in [-0.4, -0.2) is 30.6 Å². The van der Waals surface area contributed by atoms with Gasteiger partial charge in [-0.2, -0.15) is 0 Å². The van der Waals surface area contributed by atoms with Gasteiger partial charge in [0.2, 0.25) is 11.8 Å². The van der Waals surface area contributed by atoms with E-state index >= 15 is 0 Å². The molecule has 0 aliphatic heterocycles. The van der Waals surface area contributed by atoms with Crippen LogP contribution >= 0.6 is 0 Å². The summed E-state index contributed by atoms with van der Waals surface area (Å²) in [5.41, 5.74) is 0.686. The number of carbonyl (C=O) groups excluding carboxylic acids is 2. The molecule has 0 fully saturated rings. The number of rotatable bonds is 4. The van der Waals surface area contributed by atoms with Gasteiger partial charge >= 0.3 is 11.9 Å². The summed E-state index contributed by atoms with van der Waals surface area (Å²) in [6.45, 7) is 1.73. The number of benzene rings is 1. The molecule has 21 heavy (non-hydrogen) atoms. The van der Waals surface area contributed by atoms with Gasteiger partial charge in [0.25, 0.3) is 0 Å². The van der Waals surface area contributed by atoms with Crippen molar-refractivity contribution in [1.82, 2.24) is 4.98 Å². The summed E-state index contributed by atoms with van der Waals surface area (Å²) in [6, 6.07) is 7.10. The molecule has 0 bridgehead atoms. The zero-order valence-corrected chi connectivity index (χ0v) is 11.6. The van der Waals surface area contributed by atoms with E-state index in [-0.39, 0.29) is 12.5 Å². The van der Waals surface area contributed by atoms with Crippen molar-refractivity contribution < 1.29 is 23.5 Å². The van der Waals surface area contributed by atoms with Crippen molar-refractivity contribution in [2.45, 2.75) is 6.92 Å². The lowest BCUT2D eigenvalue weighted by Gasteiger charge is -2.02. The van der Waals surface area contributed by atoms with E-state index in [2.05, 4.69) is 15.0 Å². The number of esters is 1. The number of oxazole rings is 1. The maximum absolute atomic E-state index is 11.5. The number of hydrogen-bond donors (Lipinski definition) is 1. The average molecular weight is 290 g/mol. The Hall–Kier alpha value is -2.83. The third-order valence-electron chi connectivity index (χ3n) is 2.52. The van der Waals surface area contributed by atoms with Crippen LogP contribution in [0, 0.1) is 0 Å². The summed E-state index contributed by atoms with van der Waals surface area (Å²) in [5, 5.41) is 2.27. The Labute approximate surface area is 120 Å². The van der Waals surface area contributed by atoms with Crippen molar-refractivity contribution >= 4 is 17.8 Å². The second-order valence-corrected chi connectivity index (χ2v) is 3.94. The fourth-order valence-electron chi connectivity index (χ4n) is 1.58. The van der Waals surface area contributed by atoms with E-state index in [4.69, 9.17) is 9.15 Å². The summed E-state index contributed by atoms with van der Waals surface area (Å²) in [6.07, 6.45) is 1.31. The van der Waals surface area contributed by atoms with Gasteiger partial charge in [-0.15, -0.1) is 0 Å². The van der Waals surface area contributed by atoms with Crippen LogP contribution in [0.1, 0.15) is 6.92 Å². The van der Waals surface area contributed by atoms with E-state index in [1.54, 1.807) is 38.3 Å². The van der Waals surface area contributed by atoms with E-state index in [1.807, 2.05) is 0 Å². The number of anilines is 1. The SMILES string of the molecule is CCOC(=O)C(=O)Nc1cnc(-c2cccc(OC)c2)o1. The summed E-state index contributed by atoms with van der Waals surface area (Å²) in [4.78, 5) is 26.7. The molecule has 1 aromatic heterocycles. The standard InChI is InChI=1S/C14H14N2O5/c1-3-20-14(18)12(17)16-11-8-15-13(21-11)9-5-4-6-10(7-9)19-2/h4-8H,3H2,1-2H3,(H,16,17). The van der Waals surface area contributed by atoms with Crippen LogP contribution in [0.5, 0.6) is 5.75 Å². The minimum absolute atomic E-state index is 0.0610. The number of aromatic nitrogens is 1. The Morgan fingerprint density at radius 3 is 2.90 bits per heavy atom. The first-order valence-corrected chi connectivity index (χ1v) is 6.22. The Kier molecular flexibility index (Phi) is 4.55. The second kappa shape index (κ2) is 6.56. The Balaban J connectivity index is 2.11. The normalized spacial score (nSPS) is 10.0. The van der Waals surface area contributed by atoms with Gasteiger partial charge in [-0.25, -0.2) is 9.78 Å². The maximum Gasteiger partial charge on any atom is 0.397 e. The number of methoxy groups -OCH3 is 1. The predicted molar refractivity (Wildman–Crippen MR) is 73.8 cm³/mol. The van der Waals surface area contributed by atoms with Gasteiger partial charge in [0, 0.05) is 5.56 Å². The number of nitrogens with one attached hydrogen (secondary N) is 1. The van der Waals surface area contributed by atoms with Crippen molar-refractivity contribution in [3.63, 3.8) is 0 Å². The molecular formula is C14H14N2O5. The van der Waals surface area contributed by atoms with E-state index in [0.717, 1.165) is 0 Å². The highest BCUT2D eigenvalue weighted by Crippen LogP contribution is 2.25. The van der Waals surface area contributed by atoms with Crippen LogP contribution in [0.3, 0.4) is 0 Å². The van der Waals surface area contributed by atoms with Crippen LogP contribution < -0.4 is 10.1 Å². The molecule has 0 saturated heterocycles. The first-order chi connectivity index (χ1) is 10.1. The molecule has 0 saturated carbocycles. The molecule has 0 atom stereocenters. The quantitative estimate of drug-likeness (QED) is 0.682. The van der Waals surface area contributed by atoms with Crippen molar-refractivity contribution in [3.8, 4) is 17.2 Å². The zero-order valence-electron chi connectivity index (χ0n) is 11.6. The molecule has 1 amide bonds. The van der Waals surface area contributed by atoms with Gasteiger partial charge in [-0.3, -0.25) is 10.1 Å². The molecule has 110 valence electrons. The van der Waals surface area contributed by atoms with Crippen LogP contribution in [0.4, 0.5) is 5.88 Å². The number of ether oxygens (including phenoxy) is 2. The Morgan fingerprint density at radius 1 is 1.38 bits per heavy atom. The highest BCUT2D eigenvalue weighted by atomic mass is 16.5. The van der Waals surface area contributed by atoms with Crippen LogP contribution in [0.2, 0.25) is 0 Å². The summed E-state index contributed by atoms with van der Waals surface area (Å²) < 4.78 is 15.0. The molecule has 0 spiro atoms. The van der Waals surface area contributed by atoms with Crippen molar-refractivity contribution in [2.75, 3.05) is 19.0 Å². The monoisotopic (exact) mass is 290 g/mol. The van der Waals surface area contributed by atoms with Gasteiger partial charge < -0.3 is 13.9 Å². The first-order valence-electron chi connectivity index (χ1n) is 6.22. The van der Waals surface area contributed by atoms with Crippen LogP contribution in [0.25, 0.3) is 11.5 Å². The van der Waals surface area contributed by atoms with Gasteiger partial charge in [0.05, 0.1) is 19.9 Å². The van der Waals surface area contributed by atoms with Crippen molar-refractivity contribution in [3.05, 3.63) is 30.5 Å². The number of amides is 1. The molecule has 0 aliphatic rings. The maximum atomic E-state index is 11.5. The van der Waals surface area contributed by atoms with E-state index < -0.39 is 11.9 Å². The first kappa shape index (κ1) is 14.6. The van der Waals surface area contributed by atoms with Crippen molar-refractivity contribution in [1.29, 1.82) is 0 Å². The number of hydrogen-bond acceptors (Lipinski definition) is 6.